The van der Waals surface area contributed by atoms with Crippen LogP contribution in [0.25, 0.3) is 0 Å². The van der Waals surface area contributed by atoms with E-state index >= 15 is 0 Å². The van der Waals surface area contributed by atoms with Crippen molar-refractivity contribution in [3.05, 3.63) is 53.3 Å². The number of carbonyl (C=O) groups excluding carboxylic acids is 1. The average molecular weight is 375 g/mol. The predicted octanol–water partition coefficient (Wildman–Crippen LogP) is 3.47. The van der Waals surface area contributed by atoms with Crippen molar-refractivity contribution in [2.45, 2.75) is 19.5 Å². The molecule has 0 spiro atoms. The summed E-state index contributed by atoms with van der Waals surface area (Å²) in [6.07, 6.45) is 0. The Morgan fingerprint density at radius 1 is 1.15 bits per heavy atom. The highest BCUT2D eigenvalue weighted by molar-refractivity contribution is 5.74. The van der Waals surface area contributed by atoms with Crippen molar-refractivity contribution in [3.8, 4) is 11.5 Å². The number of carbonyl (C=O) groups is 1. The predicted molar refractivity (Wildman–Crippen MR) is 104 cm³/mol. The molecule has 6 nitrogen and oxygen atoms in total. The van der Waals surface area contributed by atoms with Crippen LogP contribution in [0.15, 0.2) is 36.4 Å². The van der Waals surface area contributed by atoms with Gasteiger partial charge in [0.15, 0.2) is 0 Å². The van der Waals surface area contributed by atoms with Crippen molar-refractivity contribution in [1.82, 2.24) is 10.6 Å². The van der Waals surface area contributed by atoms with E-state index in [1.807, 2.05) is 13.0 Å². The maximum absolute atomic E-state index is 14.0. The van der Waals surface area contributed by atoms with Gasteiger partial charge in [-0.05, 0) is 42.8 Å². The summed E-state index contributed by atoms with van der Waals surface area (Å²) in [7, 11) is 6.71. The van der Waals surface area contributed by atoms with Crippen LogP contribution in [0, 0.1) is 5.82 Å². The van der Waals surface area contributed by atoms with Crippen LogP contribution >= 0.6 is 0 Å². The first-order chi connectivity index (χ1) is 12.8. The molecule has 2 aromatic rings. The molecule has 2 rings (SSSR count). The number of anilines is 1. The number of ether oxygens (including phenoxy) is 2. The minimum Gasteiger partial charge on any atom is -0.497 e. The molecule has 0 aliphatic rings. The summed E-state index contributed by atoms with van der Waals surface area (Å²) in [5.74, 6) is 1.01. The van der Waals surface area contributed by atoms with Crippen LogP contribution in [0.2, 0.25) is 0 Å². The van der Waals surface area contributed by atoms with Crippen LogP contribution in [0.3, 0.4) is 0 Å². The molecule has 1 atom stereocenters. The van der Waals surface area contributed by atoms with E-state index in [1.54, 1.807) is 57.5 Å². The van der Waals surface area contributed by atoms with Crippen LogP contribution in [-0.2, 0) is 6.54 Å². The third-order valence-electron chi connectivity index (χ3n) is 4.20. The maximum atomic E-state index is 14.0. The van der Waals surface area contributed by atoms with Gasteiger partial charge < -0.3 is 25.0 Å². The zero-order valence-corrected chi connectivity index (χ0v) is 16.3. The number of hydrogen-bond donors (Lipinski definition) is 2. The molecule has 2 N–H and O–H groups in total. The fraction of sp³-hybridized carbons (Fsp3) is 0.350. The van der Waals surface area contributed by atoms with Crippen molar-refractivity contribution in [2.24, 2.45) is 0 Å². The van der Waals surface area contributed by atoms with E-state index in [4.69, 9.17) is 9.47 Å². The molecule has 0 saturated heterocycles. The van der Waals surface area contributed by atoms with Crippen LogP contribution in [0.5, 0.6) is 11.5 Å². The Balaban J connectivity index is 1.98. The van der Waals surface area contributed by atoms with Gasteiger partial charge in [-0.3, -0.25) is 0 Å². The van der Waals surface area contributed by atoms with Gasteiger partial charge in [0.1, 0.15) is 17.3 Å². The van der Waals surface area contributed by atoms with Crippen LogP contribution in [-0.4, -0.2) is 34.3 Å². The molecular weight excluding hydrogens is 349 g/mol. The van der Waals surface area contributed by atoms with Gasteiger partial charge in [0.2, 0.25) is 0 Å². The quantitative estimate of drug-likeness (QED) is 0.778. The zero-order valence-electron chi connectivity index (χ0n) is 16.3. The minimum atomic E-state index is -0.357. The number of urea groups is 1. The second-order valence-corrected chi connectivity index (χ2v) is 6.34. The number of benzene rings is 2. The molecule has 0 bridgehead atoms. The van der Waals surface area contributed by atoms with Gasteiger partial charge in [0.25, 0.3) is 0 Å². The average Bonchev–Trinajstić information content (AvgIpc) is 2.65. The summed E-state index contributed by atoms with van der Waals surface area (Å²) < 4.78 is 24.6. The smallest absolute Gasteiger partial charge is 0.315 e. The van der Waals surface area contributed by atoms with E-state index in [-0.39, 0.29) is 24.4 Å². The standard InChI is InChI=1S/C20H26FN3O3/c1-13(16-11-15(26-4)7-9-19(16)27-5)23-20(25)22-12-14-6-8-18(24(2)3)17(21)10-14/h6-11,13H,12H2,1-5H3,(H2,22,23,25). The van der Waals surface area contributed by atoms with E-state index in [2.05, 4.69) is 10.6 Å². The summed E-state index contributed by atoms with van der Waals surface area (Å²) in [6.45, 7) is 2.07. The van der Waals surface area contributed by atoms with E-state index in [9.17, 15) is 9.18 Å². The first-order valence-corrected chi connectivity index (χ1v) is 8.57. The van der Waals surface area contributed by atoms with Crippen molar-refractivity contribution in [1.29, 1.82) is 0 Å². The molecule has 0 radical (unpaired) electrons. The minimum absolute atomic E-state index is 0.221. The van der Waals surface area contributed by atoms with Gasteiger partial charge in [-0.15, -0.1) is 0 Å². The number of amides is 2. The first-order valence-electron chi connectivity index (χ1n) is 8.57. The molecule has 1 unspecified atom stereocenters. The highest BCUT2D eigenvalue weighted by Crippen LogP contribution is 2.29. The Morgan fingerprint density at radius 2 is 1.89 bits per heavy atom. The lowest BCUT2D eigenvalue weighted by molar-refractivity contribution is 0.237. The van der Waals surface area contributed by atoms with Gasteiger partial charge in [0, 0.05) is 26.2 Å². The lowest BCUT2D eigenvalue weighted by Crippen LogP contribution is -2.36. The summed E-state index contributed by atoms with van der Waals surface area (Å²) >= 11 is 0. The van der Waals surface area contributed by atoms with Gasteiger partial charge in [-0.25, -0.2) is 9.18 Å². The van der Waals surface area contributed by atoms with Crippen LogP contribution in [0.4, 0.5) is 14.9 Å². The summed E-state index contributed by atoms with van der Waals surface area (Å²) in [6, 6.07) is 9.64. The third-order valence-corrected chi connectivity index (χ3v) is 4.20. The number of nitrogens with one attached hydrogen (secondary N) is 2. The van der Waals surface area contributed by atoms with Crippen molar-refractivity contribution >= 4 is 11.7 Å². The fourth-order valence-corrected chi connectivity index (χ4v) is 2.71. The van der Waals surface area contributed by atoms with Crippen LogP contribution < -0.4 is 25.0 Å². The van der Waals surface area contributed by atoms with E-state index in [0.717, 1.165) is 5.56 Å². The lowest BCUT2D eigenvalue weighted by Gasteiger charge is -2.19. The molecule has 7 heteroatoms. The van der Waals surface area contributed by atoms with Gasteiger partial charge in [-0.1, -0.05) is 6.07 Å². The van der Waals surface area contributed by atoms with E-state index < -0.39 is 0 Å². The molecule has 0 fully saturated rings. The Kier molecular flexibility index (Phi) is 6.87. The third kappa shape index (κ3) is 5.26. The summed E-state index contributed by atoms with van der Waals surface area (Å²) in [5.41, 5.74) is 1.98. The lowest BCUT2D eigenvalue weighted by atomic mass is 10.1. The van der Waals surface area contributed by atoms with E-state index in [1.165, 1.54) is 6.07 Å². The normalized spacial score (nSPS) is 11.5. The molecule has 2 amide bonds. The second-order valence-electron chi connectivity index (χ2n) is 6.34. The number of methoxy groups -OCH3 is 2. The largest absolute Gasteiger partial charge is 0.497 e. The van der Waals surface area contributed by atoms with Crippen molar-refractivity contribution in [3.63, 3.8) is 0 Å². The highest BCUT2D eigenvalue weighted by Gasteiger charge is 2.15. The number of rotatable bonds is 7. The Morgan fingerprint density at radius 3 is 2.48 bits per heavy atom. The van der Waals surface area contributed by atoms with Crippen molar-refractivity contribution in [2.75, 3.05) is 33.2 Å². The number of halogens is 1. The van der Waals surface area contributed by atoms with Crippen molar-refractivity contribution < 1.29 is 18.7 Å². The molecule has 2 aromatic carbocycles. The maximum Gasteiger partial charge on any atom is 0.315 e. The Bertz CT molecular complexity index is 796. The molecule has 0 aromatic heterocycles. The molecule has 0 heterocycles. The van der Waals surface area contributed by atoms with Crippen LogP contribution in [0.1, 0.15) is 24.1 Å². The molecule has 146 valence electrons. The Labute approximate surface area is 159 Å². The second kappa shape index (κ2) is 9.12. The summed E-state index contributed by atoms with van der Waals surface area (Å²) in [4.78, 5) is 13.9. The molecular formula is C20H26FN3O3. The number of nitrogens with zero attached hydrogens (tertiary/aromatic N) is 1. The summed E-state index contributed by atoms with van der Waals surface area (Å²) in [5, 5.41) is 5.59. The topological polar surface area (TPSA) is 62.8 Å². The van der Waals surface area contributed by atoms with Gasteiger partial charge >= 0.3 is 6.03 Å². The Hall–Kier alpha value is -2.96. The zero-order chi connectivity index (χ0) is 20.0. The SMILES string of the molecule is COc1ccc(OC)c(C(C)NC(=O)NCc2ccc(N(C)C)c(F)c2)c1. The fourth-order valence-electron chi connectivity index (χ4n) is 2.71. The van der Waals surface area contributed by atoms with Gasteiger partial charge in [0.05, 0.1) is 25.9 Å². The molecule has 0 aliphatic carbocycles. The molecule has 0 saturated carbocycles. The molecule has 0 aliphatic heterocycles. The monoisotopic (exact) mass is 375 g/mol. The number of hydrogen-bond acceptors (Lipinski definition) is 4. The highest BCUT2D eigenvalue weighted by atomic mass is 19.1. The van der Waals surface area contributed by atoms with Gasteiger partial charge in [-0.2, -0.15) is 0 Å². The molecule has 27 heavy (non-hydrogen) atoms. The van der Waals surface area contributed by atoms with E-state index in [0.29, 0.717) is 22.7 Å². The first kappa shape index (κ1) is 20.4.